The van der Waals surface area contributed by atoms with Crippen molar-refractivity contribution in [1.82, 2.24) is 5.32 Å². The van der Waals surface area contributed by atoms with Gasteiger partial charge in [-0.3, -0.25) is 4.79 Å². The first-order chi connectivity index (χ1) is 12.1. The third kappa shape index (κ3) is 6.30. The Morgan fingerprint density at radius 2 is 1.64 bits per heavy atom. The highest BCUT2D eigenvalue weighted by atomic mass is 16.5. The van der Waals surface area contributed by atoms with Gasteiger partial charge in [0.15, 0.2) is 0 Å². The number of carboxylic acids is 1. The Hall–Kier alpha value is -2.82. The summed E-state index contributed by atoms with van der Waals surface area (Å²) in [6.45, 7) is 3.16. The molecular formula is C20H23NO4. The van der Waals surface area contributed by atoms with Gasteiger partial charge in [0.2, 0.25) is 5.91 Å². The summed E-state index contributed by atoms with van der Waals surface area (Å²) in [5.41, 5.74) is 2.20. The van der Waals surface area contributed by atoms with Gasteiger partial charge in [0.05, 0.1) is 12.2 Å². The fraction of sp³-hybridized carbons (Fsp3) is 0.300. The molecule has 0 aromatic heterocycles. The lowest BCUT2D eigenvalue weighted by Crippen LogP contribution is -2.23. The van der Waals surface area contributed by atoms with Gasteiger partial charge in [0.1, 0.15) is 5.75 Å². The van der Waals surface area contributed by atoms with Crippen LogP contribution in [0.3, 0.4) is 0 Å². The zero-order chi connectivity index (χ0) is 18.1. The van der Waals surface area contributed by atoms with Crippen molar-refractivity contribution in [1.29, 1.82) is 0 Å². The number of ether oxygens (including phenoxy) is 1. The maximum absolute atomic E-state index is 11.9. The van der Waals surface area contributed by atoms with E-state index in [9.17, 15) is 9.59 Å². The van der Waals surface area contributed by atoms with Crippen LogP contribution < -0.4 is 10.1 Å². The third-order valence-corrected chi connectivity index (χ3v) is 3.73. The van der Waals surface area contributed by atoms with Crippen LogP contribution in [0, 0.1) is 0 Å². The normalized spacial score (nSPS) is 10.3. The summed E-state index contributed by atoms with van der Waals surface area (Å²) >= 11 is 0. The fourth-order valence-electron chi connectivity index (χ4n) is 2.28. The van der Waals surface area contributed by atoms with Gasteiger partial charge >= 0.3 is 5.97 Å². The molecular weight excluding hydrogens is 318 g/mol. The molecule has 0 heterocycles. The molecule has 0 aliphatic heterocycles. The first-order valence-corrected chi connectivity index (χ1v) is 8.39. The van der Waals surface area contributed by atoms with Crippen LogP contribution in [-0.4, -0.2) is 23.6 Å². The predicted octanol–water partition coefficient (Wildman–Crippen LogP) is 3.42. The molecule has 132 valence electrons. The molecule has 0 spiro atoms. The SMILES string of the molecule is CCCOc1ccc(CCC(=O)NCc2ccc(C(=O)O)cc2)cc1. The highest BCUT2D eigenvalue weighted by Gasteiger charge is 2.05. The maximum atomic E-state index is 11.9. The predicted molar refractivity (Wildman–Crippen MR) is 95.8 cm³/mol. The summed E-state index contributed by atoms with van der Waals surface area (Å²) < 4.78 is 5.53. The molecule has 0 saturated heterocycles. The molecule has 2 aromatic carbocycles. The smallest absolute Gasteiger partial charge is 0.335 e. The molecule has 0 fully saturated rings. The van der Waals surface area contributed by atoms with Gasteiger partial charge < -0.3 is 15.2 Å². The molecule has 0 aliphatic carbocycles. The zero-order valence-electron chi connectivity index (χ0n) is 14.3. The van der Waals surface area contributed by atoms with Crippen LogP contribution in [0.5, 0.6) is 5.75 Å². The molecule has 25 heavy (non-hydrogen) atoms. The summed E-state index contributed by atoms with van der Waals surface area (Å²) in [4.78, 5) is 22.7. The number of aryl methyl sites for hydroxylation is 1. The molecule has 1 amide bonds. The van der Waals surface area contributed by atoms with E-state index in [2.05, 4.69) is 12.2 Å². The number of nitrogens with one attached hydrogen (secondary N) is 1. The van der Waals surface area contributed by atoms with Gasteiger partial charge in [0, 0.05) is 13.0 Å². The molecule has 0 radical (unpaired) electrons. The molecule has 5 heteroatoms. The Bertz CT molecular complexity index is 693. The van der Waals surface area contributed by atoms with E-state index in [1.54, 1.807) is 12.1 Å². The van der Waals surface area contributed by atoms with Crippen molar-refractivity contribution in [3.8, 4) is 5.75 Å². The van der Waals surface area contributed by atoms with Crippen LogP contribution in [0.1, 0.15) is 41.3 Å². The summed E-state index contributed by atoms with van der Waals surface area (Å²) in [5.74, 6) is -0.143. The Morgan fingerprint density at radius 1 is 1.00 bits per heavy atom. The maximum Gasteiger partial charge on any atom is 0.335 e. The van der Waals surface area contributed by atoms with Crippen LogP contribution in [0.15, 0.2) is 48.5 Å². The number of carbonyl (C=O) groups is 2. The second-order valence-corrected chi connectivity index (χ2v) is 5.77. The average Bonchev–Trinajstić information content (AvgIpc) is 2.64. The molecule has 0 saturated carbocycles. The van der Waals surface area contributed by atoms with Crippen molar-refractivity contribution < 1.29 is 19.4 Å². The van der Waals surface area contributed by atoms with Crippen molar-refractivity contribution >= 4 is 11.9 Å². The molecule has 0 aliphatic rings. The largest absolute Gasteiger partial charge is 0.494 e. The van der Waals surface area contributed by atoms with Gasteiger partial charge in [-0.25, -0.2) is 4.79 Å². The topological polar surface area (TPSA) is 75.6 Å². The number of amides is 1. The van der Waals surface area contributed by atoms with Crippen LogP contribution in [0.25, 0.3) is 0 Å². The Kier molecular flexibility index (Phi) is 7.01. The first kappa shape index (κ1) is 18.5. The van der Waals surface area contributed by atoms with Gasteiger partial charge in [-0.1, -0.05) is 31.2 Å². The Labute approximate surface area is 147 Å². The van der Waals surface area contributed by atoms with Crippen molar-refractivity contribution in [2.75, 3.05) is 6.61 Å². The molecule has 0 bridgehead atoms. The van der Waals surface area contributed by atoms with Gasteiger partial charge in [-0.15, -0.1) is 0 Å². The van der Waals surface area contributed by atoms with Crippen molar-refractivity contribution in [2.24, 2.45) is 0 Å². The number of hydrogen-bond donors (Lipinski definition) is 2. The zero-order valence-corrected chi connectivity index (χ0v) is 14.3. The minimum absolute atomic E-state index is 0.0337. The van der Waals surface area contributed by atoms with E-state index in [4.69, 9.17) is 9.84 Å². The minimum Gasteiger partial charge on any atom is -0.494 e. The van der Waals surface area contributed by atoms with E-state index in [-0.39, 0.29) is 11.5 Å². The molecule has 0 atom stereocenters. The highest BCUT2D eigenvalue weighted by molar-refractivity contribution is 5.87. The quantitative estimate of drug-likeness (QED) is 0.733. The average molecular weight is 341 g/mol. The lowest BCUT2D eigenvalue weighted by Gasteiger charge is -2.07. The molecule has 2 aromatic rings. The number of benzene rings is 2. The Balaban J connectivity index is 1.74. The summed E-state index contributed by atoms with van der Waals surface area (Å²) in [5, 5.41) is 11.7. The van der Waals surface area contributed by atoms with Crippen molar-refractivity contribution in [3.05, 3.63) is 65.2 Å². The van der Waals surface area contributed by atoms with Crippen LogP contribution >= 0.6 is 0 Å². The van der Waals surface area contributed by atoms with Gasteiger partial charge in [-0.2, -0.15) is 0 Å². The summed E-state index contributed by atoms with van der Waals surface area (Å²) in [6, 6.07) is 14.3. The van der Waals surface area contributed by atoms with E-state index in [1.165, 1.54) is 12.1 Å². The van der Waals surface area contributed by atoms with Gasteiger partial charge in [0.25, 0.3) is 0 Å². The lowest BCUT2D eigenvalue weighted by molar-refractivity contribution is -0.121. The van der Waals surface area contributed by atoms with Crippen molar-refractivity contribution in [2.45, 2.75) is 32.7 Å². The standard InChI is InChI=1S/C20H23NO4/c1-2-13-25-18-10-5-15(6-11-18)7-12-19(22)21-14-16-3-8-17(9-4-16)20(23)24/h3-6,8-11H,2,7,12-14H2,1H3,(H,21,22)(H,23,24). The van der Waals surface area contributed by atoms with E-state index in [1.807, 2.05) is 24.3 Å². The van der Waals surface area contributed by atoms with Gasteiger partial charge in [-0.05, 0) is 48.2 Å². The van der Waals surface area contributed by atoms with E-state index in [0.29, 0.717) is 26.0 Å². The molecule has 0 unspecified atom stereocenters. The minimum atomic E-state index is -0.957. The molecule has 5 nitrogen and oxygen atoms in total. The highest BCUT2D eigenvalue weighted by Crippen LogP contribution is 2.13. The monoisotopic (exact) mass is 341 g/mol. The first-order valence-electron chi connectivity index (χ1n) is 8.39. The van der Waals surface area contributed by atoms with Crippen LogP contribution in [0.2, 0.25) is 0 Å². The third-order valence-electron chi connectivity index (χ3n) is 3.73. The number of hydrogen-bond acceptors (Lipinski definition) is 3. The fourth-order valence-corrected chi connectivity index (χ4v) is 2.28. The summed E-state index contributed by atoms with van der Waals surface area (Å²) in [7, 11) is 0. The lowest BCUT2D eigenvalue weighted by atomic mass is 10.1. The Morgan fingerprint density at radius 3 is 2.24 bits per heavy atom. The number of carboxylic acid groups (broad SMARTS) is 1. The molecule has 2 N–H and O–H groups in total. The summed E-state index contributed by atoms with van der Waals surface area (Å²) in [6.07, 6.45) is 2.04. The van der Waals surface area contributed by atoms with Crippen LogP contribution in [-0.2, 0) is 17.8 Å². The van der Waals surface area contributed by atoms with Crippen LogP contribution in [0.4, 0.5) is 0 Å². The second-order valence-electron chi connectivity index (χ2n) is 5.77. The number of carbonyl (C=O) groups excluding carboxylic acids is 1. The van der Waals surface area contributed by atoms with E-state index in [0.717, 1.165) is 23.3 Å². The second kappa shape index (κ2) is 9.47. The number of aromatic carboxylic acids is 1. The van der Waals surface area contributed by atoms with E-state index >= 15 is 0 Å². The number of rotatable bonds is 9. The molecule has 2 rings (SSSR count). The van der Waals surface area contributed by atoms with Crippen molar-refractivity contribution in [3.63, 3.8) is 0 Å². The van der Waals surface area contributed by atoms with E-state index < -0.39 is 5.97 Å².